The molecule has 0 aromatic carbocycles. The highest BCUT2D eigenvalue weighted by Gasteiger charge is 2.35. The molecule has 1 aliphatic rings. The fourth-order valence-corrected chi connectivity index (χ4v) is 3.04. The summed E-state index contributed by atoms with van der Waals surface area (Å²) in [5.74, 6) is 0.00389. The van der Waals surface area contributed by atoms with E-state index in [-0.39, 0.29) is 18.1 Å². The first kappa shape index (κ1) is 13.5. The zero-order chi connectivity index (χ0) is 13.0. The van der Waals surface area contributed by atoms with E-state index in [1.807, 2.05) is 17.5 Å². The van der Waals surface area contributed by atoms with Crippen LogP contribution in [0.25, 0.3) is 0 Å². The van der Waals surface area contributed by atoms with Gasteiger partial charge in [0.2, 0.25) is 5.91 Å². The summed E-state index contributed by atoms with van der Waals surface area (Å²) in [6.07, 6.45) is 2.09. The summed E-state index contributed by atoms with van der Waals surface area (Å²) in [7, 11) is 1.59. The van der Waals surface area contributed by atoms with E-state index in [9.17, 15) is 9.90 Å². The highest BCUT2D eigenvalue weighted by Crippen LogP contribution is 2.22. The van der Waals surface area contributed by atoms with Gasteiger partial charge in [0.15, 0.2) is 0 Å². The molecule has 1 fully saturated rings. The van der Waals surface area contributed by atoms with Crippen molar-refractivity contribution in [2.24, 2.45) is 0 Å². The molecule has 0 unspecified atom stereocenters. The summed E-state index contributed by atoms with van der Waals surface area (Å²) >= 11 is 1.66. The molecule has 1 saturated carbocycles. The molecule has 100 valence electrons. The molecule has 1 aliphatic carbocycles. The molecule has 3 atom stereocenters. The lowest BCUT2D eigenvalue weighted by Gasteiger charge is -2.19. The zero-order valence-corrected chi connectivity index (χ0v) is 11.3. The minimum Gasteiger partial charge on any atom is -0.388 e. The third kappa shape index (κ3) is 3.31. The number of rotatable bonds is 5. The second kappa shape index (κ2) is 6.31. The summed E-state index contributed by atoms with van der Waals surface area (Å²) < 4.78 is 5.15. The maximum atomic E-state index is 11.8. The highest BCUT2D eigenvalue weighted by atomic mass is 32.1. The van der Waals surface area contributed by atoms with Gasteiger partial charge in [0, 0.05) is 18.4 Å². The molecule has 5 heteroatoms. The van der Waals surface area contributed by atoms with Crippen molar-refractivity contribution in [2.75, 3.05) is 7.11 Å². The second-order valence-corrected chi connectivity index (χ2v) is 5.63. The maximum absolute atomic E-state index is 11.8. The topological polar surface area (TPSA) is 58.6 Å². The molecule has 1 aromatic rings. The SMILES string of the molecule is CO[C@@H]1CC[C@@H](NC(=O)CCc2cccs2)[C@H]1O. The van der Waals surface area contributed by atoms with Crippen LogP contribution in [-0.2, 0) is 16.0 Å². The summed E-state index contributed by atoms with van der Waals surface area (Å²) in [5, 5.41) is 14.8. The van der Waals surface area contributed by atoms with Gasteiger partial charge in [0.05, 0.1) is 12.1 Å². The lowest BCUT2D eigenvalue weighted by Crippen LogP contribution is -2.43. The Morgan fingerprint density at radius 2 is 2.44 bits per heavy atom. The van der Waals surface area contributed by atoms with Crippen molar-refractivity contribution in [3.8, 4) is 0 Å². The number of hydrogen-bond acceptors (Lipinski definition) is 4. The Balaban J connectivity index is 1.74. The summed E-state index contributed by atoms with van der Waals surface area (Å²) in [4.78, 5) is 13.0. The van der Waals surface area contributed by atoms with E-state index in [2.05, 4.69) is 5.32 Å². The highest BCUT2D eigenvalue weighted by molar-refractivity contribution is 7.09. The number of thiophene rings is 1. The van der Waals surface area contributed by atoms with E-state index in [0.29, 0.717) is 6.42 Å². The first-order valence-electron chi connectivity index (χ1n) is 6.23. The lowest BCUT2D eigenvalue weighted by atomic mass is 10.2. The molecule has 0 aliphatic heterocycles. The van der Waals surface area contributed by atoms with E-state index < -0.39 is 6.10 Å². The Morgan fingerprint density at radius 3 is 3.06 bits per heavy atom. The standard InChI is InChI=1S/C13H19NO3S/c1-17-11-6-5-10(13(11)16)14-12(15)7-4-9-3-2-8-18-9/h2-3,8,10-11,13,16H,4-7H2,1H3,(H,14,15)/t10-,11-,13-/m1/s1. The predicted octanol–water partition coefficient (Wildman–Crippen LogP) is 1.34. The van der Waals surface area contributed by atoms with Crippen molar-refractivity contribution in [3.63, 3.8) is 0 Å². The third-order valence-corrected chi connectivity index (χ3v) is 4.32. The van der Waals surface area contributed by atoms with Crippen LogP contribution in [0.2, 0.25) is 0 Å². The van der Waals surface area contributed by atoms with Gasteiger partial charge in [-0.05, 0) is 30.7 Å². The number of amides is 1. The van der Waals surface area contributed by atoms with Gasteiger partial charge in [-0.2, -0.15) is 0 Å². The minimum atomic E-state index is -0.583. The number of aliphatic hydroxyl groups excluding tert-OH is 1. The van der Waals surface area contributed by atoms with E-state index in [0.717, 1.165) is 19.3 Å². The van der Waals surface area contributed by atoms with Crippen molar-refractivity contribution in [1.29, 1.82) is 0 Å². The Hall–Kier alpha value is -0.910. The van der Waals surface area contributed by atoms with Gasteiger partial charge in [-0.15, -0.1) is 11.3 Å². The monoisotopic (exact) mass is 269 g/mol. The fourth-order valence-electron chi connectivity index (χ4n) is 2.33. The van der Waals surface area contributed by atoms with Gasteiger partial charge in [-0.3, -0.25) is 4.79 Å². The zero-order valence-electron chi connectivity index (χ0n) is 10.5. The molecule has 0 saturated heterocycles. The predicted molar refractivity (Wildman–Crippen MR) is 70.6 cm³/mol. The number of methoxy groups -OCH3 is 1. The van der Waals surface area contributed by atoms with Crippen LogP contribution in [0.3, 0.4) is 0 Å². The Kier molecular flexibility index (Phi) is 4.74. The van der Waals surface area contributed by atoms with E-state index in [1.54, 1.807) is 18.4 Å². The first-order chi connectivity index (χ1) is 8.70. The molecule has 4 nitrogen and oxygen atoms in total. The maximum Gasteiger partial charge on any atom is 0.220 e. The molecule has 2 N–H and O–H groups in total. The summed E-state index contributed by atoms with van der Waals surface area (Å²) in [6, 6.07) is 3.86. The van der Waals surface area contributed by atoms with Crippen LogP contribution in [0.15, 0.2) is 17.5 Å². The molecular weight excluding hydrogens is 250 g/mol. The van der Waals surface area contributed by atoms with Crippen LogP contribution in [0, 0.1) is 0 Å². The van der Waals surface area contributed by atoms with Crippen LogP contribution in [-0.4, -0.2) is 36.4 Å². The van der Waals surface area contributed by atoms with Crippen molar-refractivity contribution in [3.05, 3.63) is 22.4 Å². The molecule has 2 rings (SSSR count). The quantitative estimate of drug-likeness (QED) is 0.848. The van der Waals surface area contributed by atoms with Crippen LogP contribution in [0.5, 0.6) is 0 Å². The van der Waals surface area contributed by atoms with E-state index >= 15 is 0 Å². The van der Waals surface area contributed by atoms with Gasteiger partial charge in [0.25, 0.3) is 0 Å². The summed E-state index contributed by atoms with van der Waals surface area (Å²) in [5.41, 5.74) is 0. The average Bonchev–Trinajstić information content (AvgIpc) is 2.98. The Bertz CT molecular complexity index is 380. The van der Waals surface area contributed by atoms with Crippen molar-refractivity contribution >= 4 is 17.2 Å². The number of carbonyl (C=O) groups is 1. The number of aryl methyl sites for hydroxylation is 1. The molecule has 0 spiro atoms. The van der Waals surface area contributed by atoms with Crippen LogP contribution >= 0.6 is 11.3 Å². The molecule has 1 heterocycles. The van der Waals surface area contributed by atoms with Crippen molar-refractivity contribution in [1.82, 2.24) is 5.32 Å². The smallest absolute Gasteiger partial charge is 0.220 e. The molecule has 1 aromatic heterocycles. The number of carbonyl (C=O) groups excluding carboxylic acids is 1. The van der Waals surface area contributed by atoms with Crippen LogP contribution < -0.4 is 5.32 Å². The van der Waals surface area contributed by atoms with E-state index in [1.165, 1.54) is 4.88 Å². The molecule has 18 heavy (non-hydrogen) atoms. The lowest BCUT2D eigenvalue weighted by molar-refractivity contribution is -0.122. The van der Waals surface area contributed by atoms with Gasteiger partial charge < -0.3 is 15.2 Å². The van der Waals surface area contributed by atoms with Crippen LogP contribution in [0.4, 0.5) is 0 Å². The van der Waals surface area contributed by atoms with Crippen molar-refractivity contribution < 1.29 is 14.6 Å². The number of nitrogens with one attached hydrogen (secondary N) is 1. The minimum absolute atomic E-state index is 0.00389. The average molecular weight is 269 g/mol. The fraction of sp³-hybridized carbons (Fsp3) is 0.615. The number of hydrogen-bond donors (Lipinski definition) is 2. The van der Waals surface area contributed by atoms with Gasteiger partial charge in [-0.1, -0.05) is 6.07 Å². The van der Waals surface area contributed by atoms with Crippen molar-refractivity contribution in [2.45, 2.75) is 43.9 Å². The van der Waals surface area contributed by atoms with Gasteiger partial charge >= 0.3 is 0 Å². The molecule has 1 amide bonds. The summed E-state index contributed by atoms with van der Waals surface area (Å²) in [6.45, 7) is 0. The second-order valence-electron chi connectivity index (χ2n) is 4.60. The molecular formula is C13H19NO3S. The Labute approximate surface area is 111 Å². The first-order valence-corrected chi connectivity index (χ1v) is 7.11. The normalized spacial score (nSPS) is 27.3. The number of aliphatic hydroxyl groups is 1. The van der Waals surface area contributed by atoms with E-state index in [4.69, 9.17) is 4.74 Å². The molecule has 0 bridgehead atoms. The third-order valence-electron chi connectivity index (χ3n) is 3.38. The van der Waals surface area contributed by atoms with Crippen LogP contribution in [0.1, 0.15) is 24.1 Å². The Morgan fingerprint density at radius 1 is 1.61 bits per heavy atom. The van der Waals surface area contributed by atoms with Gasteiger partial charge in [0.1, 0.15) is 6.10 Å². The van der Waals surface area contributed by atoms with Gasteiger partial charge in [-0.25, -0.2) is 0 Å². The number of ether oxygens (including phenoxy) is 1. The largest absolute Gasteiger partial charge is 0.388 e. The molecule has 0 radical (unpaired) electrons.